The molecule has 0 saturated carbocycles. The van der Waals surface area contributed by atoms with Crippen LogP contribution in [-0.4, -0.2) is 33.7 Å². The van der Waals surface area contributed by atoms with Gasteiger partial charge in [0.2, 0.25) is 5.91 Å². The van der Waals surface area contributed by atoms with E-state index in [9.17, 15) is 9.18 Å². The van der Waals surface area contributed by atoms with Gasteiger partial charge in [0.05, 0.1) is 5.69 Å². The Bertz CT molecular complexity index is 851. The summed E-state index contributed by atoms with van der Waals surface area (Å²) >= 11 is 6.37. The number of likely N-dealkylation sites (tertiary alicyclic amines) is 1. The van der Waals surface area contributed by atoms with Crippen LogP contribution in [0.2, 0.25) is 5.15 Å². The van der Waals surface area contributed by atoms with E-state index in [0.717, 1.165) is 55.7 Å². The first-order chi connectivity index (χ1) is 13.3. The Balaban J connectivity index is 1.50. The van der Waals surface area contributed by atoms with Gasteiger partial charge in [-0.2, -0.15) is 5.10 Å². The Morgan fingerprint density at radius 1 is 1.39 bits per heavy atom. The van der Waals surface area contributed by atoms with Crippen LogP contribution in [0.15, 0.2) is 18.2 Å². The van der Waals surface area contributed by atoms with Crippen LogP contribution in [0.5, 0.6) is 0 Å². The average molecular weight is 407 g/mol. The molecule has 0 radical (unpaired) electrons. The molecular weight excluding hydrogens is 379 g/mol. The van der Waals surface area contributed by atoms with Crippen molar-refractivity contribution in [2.45, 2.75) is 46.1 Å². The molecule has 5 nitrogen and oxygen atoms in total. The summed E-state index contributed by atoms with van der Waals surface area (Å²) in [7, 11) is 1.86. The number of aryl methyl sites for hydroxylation is 3. The molecule has 0 spiro atoms. The summed E-state index contributed by atoms with van der Waals surface area (Å²) in [6.45, 7) is 6.60. The number of nitrogens with zero attached hydrogens (tertiary/aromatic N) is 3. The molecule has 3 rings (SSSR count). The van der Waals surface area contributed by atoms with Crippen LogP contribution in [0.4, 0.5) is 10.1 Å². The monoisotopic (exact) mass is 406 g/mol. The molecule has 1 saturated heterocycles. The maximum absolute atomic E-state index is 13.2. The van der Waals surface area contributed by atoms with Crippen molar-refractivity contribution in [2.24, 2.45) is 13.0 Å². The van der Waals surface area contributed by atoms with E-state index in [1.54, 1.807) is 17.7 Å². The third-order valence-corrected chi connectivity index (χ3v) is 5.97. The minimum Gasteiger partial charge on any atom is -0.326 e. The second kappa shape index (κ2) is 9.05. The van der Waals surface area contributed by atoms with Gasteiger partial charge in [-0.15, -0.1) is 0 Å². The normalized spacial score (nSPS) is 17.7. The number of nitrogens with one attached hydrogen (secondary N) is 1. The smallest absolute Gasteiger partial charge is 0.224 e. The van der Waals surface area contributed by atoms with E-state index in [1.807, 2.05) is 14.0 Å². The fourth-order valence-corrected chi connectivity index (χ4v) is 4.16. The first-order valence-electron chi connectivity index (χ1n) is 9.80. The fraction of sp³-hybridized carbons (Fsp3) is 0.524. The molecule has 0 unspecified atom stereocenters. The molecule has 7 heteroatoms. The van der Waals surface area contributed by atoms with Crippen LogP contribution in [-0.2, 0) is 18.4 Å². The number of hydrogen-bond acceptors (Lipinski definition) is 3. The van der Waals surface area contributed by atoms with Crippen molar-refractivity contribution in [1.82, 2.24) is 14.7 Å². The van der Waals surface area contributed by atoms with Gasteiger partial charge in [0.15, 0.2) is 0 Å². The lowest BCUT2D eigenvalue weighted by atomic mass is 9.93. The van der Waals surface area contributed by atoms with Crippen LogP contribution in [0.1, 0.15) is 42.5 Å². The zero-order chi connectivity index (χ0) is 20.3. The summed E-state index contributed by atoms with van der Waals surface area (Å²) in [5, 5.41) is 7.99. The quantitative estimate of drug-likeness (QED) is 0.770. The van der Waals surface area contributed by atoms with Gasteiger partial charge in [0, 0.05) is 37.8 Å². The maximum Gasteiger partial charge on any atom is 0.224 e. The molecule has 1 aromatic carbocycles. The third-order valence-electron chi connectivity index (χ3n) is 5.50. The highest BCUT2D eigenvalue weighted by molar-refractivity contribution is 6.30. The van der Waals surface area contributed by atoms with Gasteiger partial charge in [-0.3, -0.25) is 14.4 Å². The van der Waals surface area contributed by atoms with Gasteiger partial charge < -0.3 is 5.32 Å². The van der Waals surface area contributed by atoms with Crippen molar-refractivity contribution < 1.29 is 9.18 Å². The van der Waals surface area contributed by atoms with Crippen LogP contribution in [0, 0.1) is 25.6 Å². The van der Waals surface area contributed by atoms with Crippen molar-refractivity contribution in [1.29, 1.82) is 0 Å². The molecule has 1 amide bonds. The molecule has 1 aliphatic rings. The van der Waals surface area contributed by atoms with Crippen molar-refractivity contribution in [3.63, 3.8) is 0 Å². The Morgan fingerprint density at radius 3 is 2.86 bits per heavy atom. The van der Waals surface area contributed by atoms with E-state index >= 15 is 0 Å². The summed E-state index contributed by atoms with van der Waals surface area (Å²) in [6, 6.07) is 4.41. The van der Waals surface area contributed by atoms with E-state index < -0.39 is 0 Å². The van der Waals surface area contributed by atoms with E-state index in [2.05, 4.69) is 15.3 Å². The highest BCUT2D eigenvalue weighted by atomic mass is 35.5. The zero-order valence-electron chi connectivity index (χ0n) is 16.8. The molecule has 0 aliphatic carbocycles. The molecule has 2 heterocycles. The van der Waals surface area contributed by atoms with Gasteiger partial charge in [0.1, 0.15) is 11.0 Å². The number of anilines is 1. The first kappa shape index (κ1) is 20.8. The summed E-state index contributed by atoms with van der Waals surface area (Å²) in [5.74, 6) is 0.185. The molecule has 0 bridgehead atoms. The molecule has 1 fully saturated rings. The summed E-state index contributed by atoms with van der Waals surface area (Å²) in [5.41, 5.74) is 3.48. The van der Waals surface area contributed by atoms with Crippen molar-refractivity contribution >= 4 is 23.2 Å². The predicted molar refractivity (Wildman–Crippen MR) is 110 cm³/mol. The lowest BCUT2D eigenvalue weighted by Gasteiger charge is -2.32. The predicted octanol–water partition coefficient (Wildman–Crippen LogP) is 4.46. The Kier molecular flexibility index (Phi) is 6.73. The van der Waals surface area contributed by atoms with Gasteiger partial charge in [0.25, 0.3) is 0 Å². The number of carbonyl (C=O) groups excluding carboxylic acids is 1. The third kappa shape index (κ3) is 5.11. The minimum absolute atomic E-state index is 0.0158. The summed E-state index contributed by atoms with van der Waals surface area (Å²) < 4.78 is 14.9. The molecule has 2 aromatic rings. The number of carbonyl (C=O) groups is 1. The number of rotatable bonds is 6. The molecular formula is C21H28ClFN4O. The van der Waals surface area contributed by atoms with Crippen LogP contribution in [0.3, 0.4) is 0 Å². The number of hydrogen-bond donors (Lipinski definition) is 1. The number of halogens is 2. The maximum atomic E-state index is 13.2. The fourth-order valence-electron chi connectivity index (χ4n) is 3.92. The van der Waals surface area contributed by atoms with Crippen molar-refractivity contribution in [3.05, 3.63) is 46.0 Å². The van der Waals surface area contributed by atoms with Crippen LogP contribution < -0.4 is 5.32 Å². The van der Waals surface area contributed by atoms with E-state index in [-0.39, 0.29) is 11.7 Å². The van der Waals surface area contributed by atoms with Crippen molar-refractivity contribution in [3.8, 4) is 0 Å². The lowest BCUT2D eigenvalue weighted by molar-refractivity contribution is -0.116. The molecule has 152 valence electrons. The van der Waals surface area contributed by atoms with E-state index in [1.165, 1.54) is 12.1 Å². The summed E-state index contributed by atoms with van der Waals surface area (Å²) in [6.07, 6.45) is 3.59. The number of aromatic nitrogens is 2. The van der Waals surface area contributed by atoms with Crippen LogP contribution >= 0.6 is 11.6 Å². The molecule has 1 N–H and O–H groups in total. The Hall–Kier alpha value is -1.92. The second-order valence-corrected chi connectivity index (χ2v) is 8.13. The van der Waals surface area contributed by atoms with E-state index in [0.29, 0.717) is 23.2 Å². The average Bonchev–Trinajstić information content (AvgIpc) is 2.89. The topological polar surface area (TPSA) is 50.2 Å². The van der Waals surface area contributed by atoms with Crippen molar-refractivity contribution in [2.75, 3.05) is 18.4 Å². The largest absolute Gasteiger partial charge is 0.326 e. The Morgan fingerprint density at radius 2 is 2.18 bits per heavy atom. The van der Waals surface area contributed by atoms with E-state index in [4.69, 9.17) is 11.6 Å². The highest BCUT2D eigenvalue weighted by Gasteiger charge is 2.23. The summed E-state index contributed by atoms with van der Waals surface area (Å²) in [4.78, 5) is 14.7. The van der Waals surface area contributed by atoms with Crippen LogP contribution in [0.25, 0.3) is 0 Å². The SMILES string of the molecule is Cc1cc(F)ccc1NC(=O)CC[C@@H]1CCCN(Cc2c(C)nn(C)c2Cl)C1. The van der Waals surface area contributed by atoms with Gasteiger partial charge >= 0.3 is 0 Å². The molecule has 28 heavy (non-hydrogen) atoms. The van der Waals surface area contributed by atoms with Gasteiger partial charge in [-0.25, -0.2) is 4.39 Å². The Labute approximate surface area is 170 Å². The zero-order valence-corrected chi connectivity index (χ0v) is 17.5. The number of amides is 1. The molecule has 1 aromatic heterocycles. The molecule has 1 atom stereocenters. The number of piperidine rings is 1. The van der Waals surface area contributed by atoms with Gasteiger partial charge in [-0.1, -0.05) is 11.6 Å². The second-order valence-electron chi connectivity index (χ2n) is 7.77. The highest BCUT2D eigenvalue weighted by Crippen LogP contribution is 2.26. The minimum atomic E-state index is -0.290. The van der Waals surface area contributed by atoms with Gasteiger partial charge in [-0.05, 0) is 69.3 Å². The molecule has 1 aliphatic heterocycles. The lowest BCUT2D eigenvalue weighted by Crippen LogP contribution is -2.35. The number of benzene rings is 1. The standard InChI is InChI=1S/C21H28ClFN4O/c1-14-11-17(23)7-8-19(14)24-20(28)9-6-16-5-4-10-27(12-16)13-18-15(2)25-26(3)21(18)22/h7-8,11,16H,4-6,9-10,12-13H2,1-3H3,(H,24,28)/t16-/m0/s1. The first-order valence-corrected chi connectivity index (χ1v) is 10.2.